The molecule has 8 aromatic rings. The number of nitrogens with zero attached hydrogens (tertiary/aromatic N) is 2. The van der Waals surface area contributed by atoms with E-state index in [1.807, 2.05) is 27.7 Å². The van der Waals surface area contributed by atoms with Crippen LogP contribution >= 0.6 is 0 Å². The van der Waals surface area contributed by atoms with Gasteiger partial charge in [0.25, 0.3) is 40.1 Å². The molecule has 0 heterocycles. The van der Waals surface area contributed by atoms with Crippen molar-refractivity contribution >= 4 is 121 Å². The van der Waals surface area contributed by atoms with Gasteiger partial charge in [0.2, 0.25) is 35.4 Å². The highest BCUT2D eigenvalue weighted by Gasteiger charge is 2.24. The van der Waals surface area contributed by atoms with Crippen molar-refractivity contribution in [1.29, 1.82) is 0 Å². The molecule has 0 aromatic heterocycles. The van der Waals surface area contributed by atoms with Crippen molar-refractivity contribution in [3.63, 3.8) is 0 Å². The molecule has 0 saturated heterocycles. The van der Waals surface area contributed by atoms with Crippen LogP contribution in [0.4, 0.5) is 45.5 Å². The van der Waals surface area contributed by atoms with Gasteiger partial charge in [-0.05, 0) is 173 Å². The minimum Gasteiger partial charge on any atom is -0.342 e. The highest BCUT2D eigenvalue weighted by Crippen LogP contribution is 2.25. The number of sulfonamides is 4. The van der Waals surface area contributed by atoms with Crippen molar-refractivity contribution in [3.05, 3.63) is 216 Å². The van der Waals surface area contributed by atoms with Crippen LogP contribution in [0.25, 0.3) is 0 Å². The highest BCUT2D eigenvalue weighted by atomic mass is 32.2. The van der Waals surface area contributed by atoms with Gasteiger partial charge >= 0.3 is 0 Å². The van der Waals surface area contributed by atoms with E-state index in [4.69, 9.17) is 0 Å². The molecular formula is C68H72N10O14S4. The van der Waals surface area contributed by atoms with Crippen molar-refractivity contribution in [2.75, 3.05) is 66.3 Å². The molecule has 28 heteroatoms. The van der Waals surface area contributed by atoms with Crippen molar-refractivity contribution in [2.24, 2.45) is 0 Å². The summed E-state index contributed by atoms with van der Waals surface area (Å²) in [6.07, 6.45) is -2.26. The van der Waals surface area contributed by atoms with Gasteiger partial charge in [-0.25, -0.2) is 33.7 Å². The normalized spacial score (nSPS) is 11.5. The summed E-state index contributed by atoms with van der Waals surface area (Å²) in [4.78, 5) is 84.5. The van der Waals surface area contributed by atoms with E-state index >= 15 is 0 Å². The smallest absolute Gasteiger partial charge is 0.261 e. The predicted octanol–water partition coefficient (Wildman–Crippen LogP) is 9.98. The second kappa shape index (κ2) is 32.1. The van der Waals surface area contributed by atoms with Crippen LogP contribution in [0.1, 0.15) is 60.8 Å². The second-order valence-corrected chi connectivity index (χ2v) is 29.2. The summed E-state index contributed by atoms with van der Waals surface area (Å²) < 4.78 is 115. The molecule has 96 heavy (non-hydrogen) atoms. The maximum atomic E-state index is 14.2. The SMILES string of the molecule is Cc1ccc(NS(=O)(=O)c2ccc(NC(=O)CCN(CCC(=O)Nc3ccc(S(=O)(=O)Nc4ccc(C)cc4)cc3)C(=O)CCC(=O)N(CCC(=O)Nc3ccc(S(=O)(=O)Nc4ccc(C)cc4)cc3)CCC(=O)Nc3ccc(S(=O)(=O)Nc4ccc(C)cc4)cc3)cc2)cc1. The van der Waals surface area contributed by atoms with Gasteiger partial charge in [0.1, 0.15) is 0 Å². The van der Waals surface area contributed by atoms with E-state index in [0.717, 1.165) is 22.3 Å². The van der Waals surface area contributed by atoms with E-state index in [1.54, 1.807) is 97.1 Å². The maximum absolute atomic E-state index is 14.2. The fourth-order valence-electron chi connectivity index (χ4n) is 9.30. The molecular weight excluding hydrogens is 1310 g/mol. The molecule has 6 amide bonds. The Kier molecular flexibility index (Phi) is 23.9. The molecule has 0 fully saturated rings. The van der Waals surface area contributed by atoms with Crippen LogP contribution in [0.15, 0.2) is 214 Å². The molecule has 24 nitrogen and oxygen atoms in total. The van der Waals surface area contributed by atoms with Crippen LogP contribution in [0.5, 0.6) is 0 Å². The number of hydrogen-bond donors (Lipinski definition) is 8. The first-order chi connectivity index (χ1) is 45.6. The Balaban J connectivity index is 0.933. The average Bonchev–Trinajstić information content (AvgIpc) is 0.879. The van der Waals surface area contributed by atoms with Gasteiger partial charge in [-0.15, -0.1) is 0 Å². The van der Waals surface area contributed by atoms with Crippen LogP contribution in [0.2, 0.25) is 0 Å². The maximum Gasteiger partial charge on any atom is 0.261 e. The standard InChI is InChI=1S/C68H72N10O14S4/c1-47-5-13-55(14-6-47)73-93(85,86)59-29-21-51(22-30-59)69-63(79)39-43-77(44-40-64(80)70-52-23-31-60(32-24-52)94(87,88)74-56-15-7-48(2)8-16-56)67(83)37-38-68(84)78(45-41-65(81)71-53-25-33-61(34-26-53)95(89,90)75-57-17-9-49(3)10-18-57)46-42-66(82)72-54-27-35-62(36-28-54)96(91,92)76-58-19-11-50(4)12-20-58/h5-36,73-76H,37-46H2,1-4H3,(H,69,79)(H,70,80)(H,71,81)(H,72,82). The molecule has 0 aliphatic rings. The van der Waals surface area contributed by atoms with Gasteiger partial charge in [-0.1, -0.05) is 70.8 Å². The molecule has 0 bridgehead atoms. The van der Waals surface area contributed by atoms with Gasteiger partial charge in [-0.3, -0.25) is 47.7 Å². The summed E-state index contributed by atoms with van der Waals surface area (Å²) >= 11 is 0. The third-order valence-corrected chi connectivity index (χ3v) is 20.3. The van der Waals surface area contributed by atoms with Crippen molar-refractivity contribution < 1.29 is 62.4 Å². The van der Waals surface area contributed by atoms with Gasteiger partial charge in [0.15, 0.2) is 0 Å². The van der Waals surface area contributed by atoms with Crippen LogP contribution in [-0.4, -0.2) is 105 Å². The zero-order valence-electron chi connectivity index (χ0n) is 52.8. The average molecular weight is 1380 g/mol. The summed E-state index contributed by atoms with van der Waals surface area (Å²) in [5, 5.41) is 10.7. The first-order valence-corrected chi connectivity index (χ1v) is 36.0. The molecule has 0 unspecified atom stereocenters. The molecule has 8 aromatic carbocycles. The van der Waals surface area contributed by atoms with Crippen molar-refractivity contribution in [3.8, 4) is 0 Å². The number of rotatable bonds is 31. The lowest BCUT2D eigenvalue weighted by atomic mass is 10.2. The third-order valence-electron chi connectivity index (χ3n) is 14.7. The predicted molar refractivity (Wildman–Crippen MR) is 369 cm³/mol. The first-order valence-electron chi connectivity index (χ1n) is 30.1. The molecule has 0 radical (unpaired) electrons. The van der Waals surface area contributed by atoms with Gasteiger partial charge in [0.05, 0.1) is 19.6 Å². The molecule has 0 atom stereocenters. The number of benzene rings is 8. The lowest BCUT2D eigenvalue weighted by Gasteiger charge is -2.25. The summed E-state index contributed by atoms with van der Waals surface area (Å²) in [5.74, 6) is -3.70. The molecule has 8 N–H and O–H groups in total. The van der Waals surface area contributed by atoms with Crippen LogP contribution in [-0.2, 0) is 68.9 Å². The van der Waals surface area contributed by atoms with Crippen LogP contribution < -0.4 is 40.2 Å². The number of hydrogen-bond acceptors (Lipinski definition) is 14. The summed E-state index contributed by atoms with van der Waals surface area (Å²) in [7, 11) is -16.0. The number of aryl methyl sites for hydroxylation is 4. The lowest BCUT2D eigenvalue weighted by Crippen LogP contribution is -2.39. The lowest BCUT2D eigenvalue weighted by molar-refractivity contribution is -0.138. The third kappa shape index (κ3) is 21.6. The molecule has 0 saturated carbocycles. The number of nitrogens with one attached hydrogen (secondary N) is 8. The largest absolute Gasteiger partial charge is 0.342 e. The number of amides is 6. The Hall–Kier alpha value is -10.4. The Morgan fingerprint density at radius 2 is 0.417 bits per heavy atom. The number of carbonyl (C=O) groups is 6. The zero-order chi connectivity index (χ0) is 69.2. The van der Waals surface area contributed by atoms with E-state index in [0.29, 0.717) is 22.7 Å². The zero-order valence-corrected chi connectivity index (χ0v) is 56.1. The van der Waals surface area contributed by atoms with E-state index in [-0.39, 0.29) is 94.2 Å². The molecule has 0 aliphatic carbocycles. The fraction of sp³-hybridized carbons (Fsp3) is 0.206. The van der Waals surface area contributed by atoms with E-state index in [9.17, 15) is 62.4 Å². The Morgan fingerprint density at radius 1 is 0.250 bits per heavy atom. The van der Waals surface area contributed by atoms with Crippen LogP contribution in [0.3, 0.4) is 0 Å². The summed E-state index contributed by atoms with van der Waals surface area (Å²) in [5.41, 5.74) is 6.07. The Morgan fingerprint density at radius 3 is 0.594 bits per heavy atom. The molecule has 0 spiro atoms. The first kappa shape index (κ1) is 71.4. The van der Waals surface area contributed by atoms with Crippen LogP contribution in [0, 0.1) is 27.7 Å². The van der Waals surface area contributed by atoms with E-state index < -0.39 is 88.4 Å². The highest BCUT2D eigenvalue weighted by molar-refractivity contribution is 7.93. The molecule has 502 valence electrons. The minimum absolute atomic E-state index is 0.0808. The van der Waals surface area contributed by atoms with Gasteiger partial charge in [-0.2, -0.15) is 0 Å². The van der Waals surface area contributed by atoms with Gasteiger partial charge in [0, 0.05) is 110 Å². The quantitative estimate of drug-likeness (QED) is 0.0200. The fourth-order valence-corrected chi connectivity index (χ4v) is 13.5. The second-order valence-electron chi connectivity index (χ2n) is 22.4. The summed E-state index contributed by atoms with van der Waals surface area (Å²) in [6.45, 7) is 6.38. The van der Waals surface area contributed by atoms with Crippen molar-refractivity contribution in [2.45, 2.75) is 85.8 Å². The molecule has 0 aliphatic heterocycles. The van der Waals surface area contributed by atoms with Crippen molar-refractivity contribution in [1.82, 2.24) is 9.80 Å². The topological polar surface area (TPSA) is 342 Å². The number of carbonyl (C=O) groups excluding carboxylic acids is 6. The number of anilines is 8. The van der Waals surface area contributed by atoms with E-state index in [1.165, 1.54) is 107 Å². The summed E-state index contributed by atoms with van der Waals surface area (Å²) in [6, 6.07) is 48.5. The van der Waals surface area contributed by atoms with Gasteiger partial charge < -0.3 is 31.1 Å². The molecule has 8 rings (SSSR count). The Labute approximate surface area is 558 Å². The monoisotopic (exact) mass is 1380 g/mol. The Bertz CT molecular complexity index is 3980. The minimum atomic E-state index is -4.00. The van der Waals surface area contributed by atoms with E-state index in [2.05, 4.69) is 40.2 Å².